The molecular formula is C17H11Cl3O3S. The molecule has 24 heavy (non-hydrogen) atoms. The summed E-state index contributed by atoms with van der Waals surface area (Å²) in [6, 6.07) is 9.26. The Hall–Kier alpha value is -1.46. The Kier molecular flexibility index (Phi) is 6.35. The quantitative estimate of drug-likeness (QED) is 0.511. The molecular weight excluding hydrogens is 391 g/mol. The van der Waals surface area contributed by atoms with Gasteiger partial charge in [-0.3, -0.25) is 4.79 Å². The summed E-state index contributed by atoms with van der Waals surface area (Å²) in [6.45, 7) is 0. The lowest BCUT2D eigenvalue weighted by molar-refractivity contribution is 0.0697. The van der Waals surface area contributed by atoms with Crippen LogP contribution in [0.1, 0.15) is 32.7 Å². The van der Waals surface area contributed by atoms with Crippen molar-refractivity contribution in [3.05, 3.63) is 68.2 Å². The Morgan fingerprint density at radius 2 is 1.67 bits per heavy atom. The highest BCUT2D eigenvalue weighted by Gasteiger charge is 2.13. The lowest BCUT2D eigenvalue weighted by Gasteiger charge is -2.07. The number of thiocarbonyl (C=S) groups is 1. The van der Waals surface area contributed by atoms with E-state index in [9.17, 15) is 9.59 Å². The SMILES string of the molecule is O=C(CC(=S)Cc1ccc(C(=O)O)c(Cl)c1)c1ccc(Cl)c(Cl)c1. The Morgan fingerprint density at radius 1 is 0.958 bits per heavy atom. The van der Waals surface area contributed by atoms with Crippen molar-refractivity contribution in [1.29, 1.82) is 0 Å². The first-order valence-corrected chi connectivity index (χ1v) is 8.34. The fourth-order valence-electron chi connectivity index (χ4n) is 2.08. The Bertz CT molecular complexity index is 834. The second-order valence-corrected chi connectivity index (χ2v) is 6.86. The van der Waals surface area contributed by atoms with Crippen LogP contribution >= 0.6 is 47.0 Å². The molecule has 7 heteroatoms. The second-order valence-electron chi connectivity index (χ2n) is 5.06. The van der Waals surface area contributed by atoms with Gasteiger partial charge in [0.15, 0.2) is 5.78 Å². The van der Waals surface area contributed by atoms with Gasteiger partial charge in [-0.05, 0) is 35.9 Å². The van der Waals surface area contributed by atoms with E-state index in [0.717, 1.165) is 5.56 Å². The van der Waals surface area contributed by atoms with Crippen molar-refractivity contribution in [2.45, 2.75) is 12.8 Å². The lowest BCUT2D eigenvalue weighted by Crippen LogP contribution is -2.09. The average Bonchev–Trinajstić information content (AvgIpc) is 2.49. The molecule has 0 fully saturated rings. The summed E-state index contributed by atoms with van der Waals surface area (Å²) in [5.41, 5.74) is 1.21. The van der Waals surface area contributed by atoms with Gasteiger partial charge in [-0.2, -0.15) is 0 Å². The Balaban J connectivity index is 2.05. The molecule has 0 bridgehead atoms. The van der Waals surface area contributed by atoms with Crippen LogP contribution in [0.15, 0.2) is 36.4 Å². The standard InChI is InChI=1S/C17H11Cl3O3S/c18-13-4-2-10(7-15(13)20)16(21)8-11(24)5-9-1-3-12(17(22)23)14(19)6-9/h1-4,6-7H,5,8H2,(H,22,23). The normalized spacial score (nSPS) is 10.5. The van der Waals surface area contributed by atoms with Gasteiger partial charge in [0.25, 0.3) is 0 Å². The molecule has 0 aliphatic rings. The highest BCUT2D eigenvalue weighted by atomic mass is 35.5. The number of aromatic carboxylic acids is 1. The third kappa shape index (κ3) is 4.77. The van der Waals surface area contributed by atoms with E-state index < -0.39 is 5.97 Å². The highest BCUT2D eigenvalue weighted by molar-refractivity contribution is 7.80. The van der Waals surface area contributed by atoms with Crippen LogP contribution in [0.5, 0.6) is 0 Å². The zero-order chi connectivity index (χ0) is 17.9. The maximum atomic E-state index is 12.2. The molecule has 0 heterocycles. The predicted octanol–water partition coefficient (Wildman–Crippen LogP) is 5.53. The van der Waals surface area contributed by atoms with Crippen LogP contribution in [0.3, 0.4) is 0 Å². The van der Waals surface area contributed by atoms with E-state index in [4.69, 9.17) is 52.1 Å². The summed E-state index contributed by atoms with van der Waals surface area (Å²) in [7, 11) is 0. The minimum atomic E-state index is -1.09. The monoisotopic (exact) mass is 400 g/mol. The molecule has 0 aromatic heterocycles. The predicted molar refractivity (Wildman–Crippen MR) is 100 cm³/mol. The first-order valence-electron chi connectivity index (χ1n) is 6.79. The van der Waals surface area contributed by atoms with Gasteiger partial charge in [-0.25, -0.2) is 4.79 Å². The number of carboxylic acid groups (broad SMARTS) is 1. The van der Waals surface area contributed by atoms with Crippen LogP contribution in [-0.4, -0.2) is 21.7 Å². The summed E-state index contributed by atoms with van der Waals surface area (Å²) < 4.78 is 0. The minimum absolute atomic E-state index is 0.0261. The fraction of sp³-hybridized carbons (Fsp3) is 0.118. The number of ketones is 1. The minimum Gasteiger partial charge on any atom is -0.478 e. The van der Waals surface area contributed by atoms with Gasteiger partial charge in [0, 0.05) is 23.3 Å². The molecule has 0 atom stereocenters. The van der Waals surface area contributed by atoms with Crippen molar-refractivity contribution in [3.63, 3.8) is 0 Å². The maximum absolute atomic E-state index is 12.2. The van der Waals surface area contributed by atoms with Crippen LogP contribution in [0.2, 0.25) is 15.1 Å². The molecule has 0 spiro atoms. The van der Waals surface area contributed by atoms with E-state index in [1.54, 1.807) is 24.3 Å². The van der Waals surface area contributed by atoms with E-state index in [2.05, 4.69) is 0 Å². The van der Waals surface area contributed by atoms with Gasteiger partial charge in [-0.15, -0.1) is 0 Å². The third-order valence-corrected chi connectivity index (χ3v) is 4.60. The fourth-order valence-corrected chi connectivity index (χ4v) is 2.96. The molecule has 124 valence electrons. The van der Waals surface area contributed by atoms with Crippen molar-refractivity contribution in [2.24, 2.45) is 0 Å². The molecule has 1 N–H and O–H groups in total. The number of carboxylic acids is 1. The van der Waals surface area contributed by atoms with E-state index in [0.29, 0.717) is 26.9 Å². The molecule has 0 aliphatic carbocycles. The molecule has 0 aliphatic heterocycles. The molecule has 3 nitrogen and oxygen atoms in total. The largest absolute Gasteiger partial charge is 0.478 e. The summed E-state index contributed by atoms with van der Waals surface area (Å²) in [5.74, 6) is -1.25. The highest BCUT2D eigenvalue weighted by Crippen LogP contribution is 2.24. The van der Waals surface area contributed by atoms with Crippen LogP contribution in [0.25, 0.3) is 0 Å². The number of hydrogen-bond acceptors (Lipinski definition) is 3. The molecule has 0 radical (unpaired) electrons. The van der Waals surface area contributed by atoms with E-state index in [1.165, 1.54) is 12.1 Å². The smallest absolute Gasteiger partial charge is 0.337 e. The first-order chi connectivity index (χ1) is 11.3. The second kappa shape index (κ2) is 8.08. The van der Waals surface area contributed by atoms with Crippen LogP contribution in [0, 0.1) is 0 Å². The zero-order valence-corrected chi connectivity index (χ0v) is 15.3. The van der Waals surface area contributed by atoms with Crippen molar-refractivity contribution in [3.8, 4) is 0 Å². The van der Waals surface area contributed by atoms with Crippen molar-refractivity contribution < 1.29 is 14.7 Å². The number of Topliss-reactive ketones (excluding diaryl/α,β-unsaturated/α-hetero) is 1. The van der Waals surface area contributed by atoms with Gasteiger partial charge >= 0.3 is 5.97 Å². The molecule has 0 saturated heterocycles. The molecule has 2 aromatic carbocycles. The summed E-state index contributed by atoms with van der Waals surface area (Å²) in [6.07, 6.45) is 0.424. The Morgan fingerprint density at radius 3 is 2.25 bits per heavy atom. The Labute approximate surface area is 159 Å². The summed E-state index contributed by atoms with van der Waals surface area (Å²) in [4.78, 5) is 23.7. The van der Waals surface area contributed by atoms with Crippen LogP contribution in [0.4, 0.5) is 0 Å². The number of rotatable bonds is 6. The lowest BCUT2D eigenvalue weighted by atomic mass is 10.0. The van der Waals surface area contributed by atoms with Gasteiger partial charge in [0.2, 0.25) is 0 Å². The van der Waals surface area contributed by atoms with Crippen LogP contribution < -0.4 is 0 Å². The molecule has 0 saturated carbocycles. The van der Waals surface area contributed by atoms with Gasteiger partial charge in [-0.1, -0.05) is 53.1 Å². The summed E-state index contributed by atoms with van der Waals surface area (Å²) >= 11 is 22.9. The van der Waals surface area contributed by atoms with Crippen LogP contribution in [-0.2, 0) is 6.42 Å². The van der Waals surface area contributed by atoms with Gasteiger partial charge < -0.3 is 5.11 Å². The molecule has 2 aromatic rings. The van der Waals surface area contributed by atoms with E-state index in [1.807, 2.05) is 0 Å². The van der Waals surface area contributed by atoms with E-state index >= 15 is 0 Å². The topological polar surface area (TPSA) is 54.4 Å². The number of carbonyl (C=O) groups is 2. The van der Waals surface area contributed by atoms with Gasteiger partial charge in [0.1, 0.15) is 0 Å². The average molecular weight is 402 g/mol. The van der Waals surface area contributed by atoms with Gasteiger partial charge in [0.05, 0.1) is 20.6 Å². The van der Waals surface area contributed by atoms with Crippen molar-refractivity contribution in [1.82, 2.24) is 0 Å². The number of benzene rings is 2. The van der Waals surface area contributed by atoms with Crippen molar-refractivity contribution >= 4 is 63.6 Å². The number of halogens is 3. The molecule has 0 unspecified atom stereocenters. The van der Waals surface area contributed by atoms with E-state index in [-0.39, 0.29) is 22.8 Å². The summed E-state index contributed by atoms with van der Waals surface area (Å²) in [5, 5.41) is 9.78. The number of carbonyl (C=O) groups excluding carboxylic acids is 1. The molecule has 0 amide bonds. The molecule has 2 rings (SSSR count). The first kappa shape index (κ1) is 18.9. The zero-order valence-electron chi connectivity index (χ0n) is 12.2. The maximum Gasteiger partial charge on any atom is 0.337 e. The van der Waals surface area contributed by atoms with Crippen molar-refractivity contribution in [2.75, 3.05) is 0 Å². The number of hydrogen-bond donors (Lipinski definition) is 1. The third-order valence-electron chi connectivity index (χ3n) is 3.26.